The fourth-order valence-electron chi connectivity index (χ4n) is 1.33. The van der Waals surface area contributed by atoms with E-state index in [1.807, 2.05) is 12.1 Å². The Balaban J connectivity index is 2.79. The lowest BCUT2D eigenvalue weighted by molar-refractivity contribution is 0.648. The Kier molecular flexibility index (Phi) is 3.54. The van der Waals surface area contributed by atoms with Crippen molar-refractivity contribution in [1.82, 2.24) is 4.98 Å². The standard InChI is InChI=1S/C10H14ClN/c1-3-5-8(2)10-9(11)6-4-7-12-10/h4,6-8H,3,5H2,1-2H3. The molecule has 12 heavy (non-hydrogen) atoms. The summed E-state index contributed by atoms with van der Waals surface area (Å²) in [5, 5.41) is 0.790. The molecule has 1 heterocycles. The minimum atomic E-state index is 0.476. The number of rotatable bonds is 3. The highest BCUT2D eigenvalue weighted by atomic mass is 35.5. The summed E-state index contributed by atoms with van der Waals surface area (Å²) in [6, 6.07) is 3.76. The van der Waals surface area contributed by atoms with Gasteiger partial charge in [0.25, 0.3) is 0 Å². The molecule has 0 radical (unpaired) electrons. The van der Waals surface area contributed by atoms with Crippen molar-refractivity contribution in [2.24, 2.45) is 0 Å². The van der Waals surface area contributed by atoms with Crippen LogP contribution in [0, 0.1) is 0 Å². The highest BCUT2D eigenvalue weighted by molar-refractivity contribution is 6.31. The van der Waals surface area contributed by atoms with Crippen LogP contribution in [0.2, 0.25) is 5.02 Å². The van der Waals surface area contributed by atoms with E-state index >= 15 is 0 Å². The number of hydrogen-bond donors (Lipinski definition) is 0. The summed E-state index contributed by atoms with van der Waals surface area (Å²) in [4.78, 5) is 4.26. The van der Waals surface area contributed by atoms with Gasteiger partial charge in [0, 0.05) is 6.20 Å². The number of aromatic nitrogens is 1. The number of nitrogens with zero attached hydrogens (tertiary/aromatic N) is 1. The normalized spacial score (nSPS) is 12.9. The number of halogens is 1. The summed E-state index contributed by atoms with van der Waals surface area (Å²) in [7, 11) is 0. The van der Waals surface area contributed by atoms with E-state index in [1.165, 1.54) is 6.42 Å². The van der Waals surface area contributed by atoms with Gasteiger partial charge in [-0.1, -0.05) is 31.9 Å². The maximum atomic E-state index is 5.99. The topological polar surface area (TPSA) is 12.9 Å². The molecule has 0 saturated carbocycles. The van der Waals surface area contributed by atoms with Gasteiger partial charge in [-0.05, 0) is 24.5 Å². The second-order valence-electron chi connectivity index (χ2n) is 3.06. The van der Waals surface area contributed by atoms with Crippen molar-refractivity contribution in [3.8, 4) is 0 Å². The Labute approximate surface area is 78.8 Å². The molecule has 0 bridgehead atoms. The summed E-state index contributed by atoms with van der Waals surface area (Å²) in [5.74, 6) is 0.476. The van der Waals surface area contributed by atoms with Gasteiger partial charge < -0.3 is 0 Å². The van der Waals surface area contributed by atoms with Crippen LogP contribution in [0.3, 0.4) is 0 Å². The average Bonchev–Trinajstić information content (AvgIpc) is 2.05. The molecule has 1 rings (SSSR count). The summed E-state index contributed by atoms with van der Waals surface area (Å²) < 4.78 is 0. The van der Waals surface area contributed by atoms with Gasteiger partial charge in [-0.25, -0.2) is 0 Å². The molecule has 0 N–H and O–H groups in total. The average molecular weight is 184 g/mol. The van der Waals surface area contributed by atoms with Gasteiger partial charge >= 0.3 is 0 Å². The summed E-state index contributed by atoms with van der Waals surface area (Å²) >= 11 is 5.99. The molecule has 1 atom stereocenters. The zero-order chi connectivity index (χ0) is 8.97. The minimum absolute atomic E-state index is 0.476. The Bertz CT molecular complexity index is 247. The molecule has 0 saturated heterocycles. The molecule has 2 heteroatoms. The summed E-state index contributed by atoms with van der Waals surface area (Å²) in [6.07, 6.45) is 4.12. The van der Waals surface area contributed by atoms with Crippen LogP contribution in [0.25, 0.3) is 0 Å². The molecule has 0 fully saturated rings. The van der Waals surface area contributed by atoms with Crippen LogP contribution in [0.15, 0.2) is 18.3 Å². The molecule has 0 aliphatic carbocycles. The van der Waals surface area contributed by atoms with Crippen LogP contribution >= 0.6 is 11.6 Å². The van der Waals surface area contributed by atoms with Crippen molar-refractivity contribution >= 4 is 11.6 Å². The van der Waals surface area contributed by atoms with Crippen LogP contribution in [0.1, 0.15) is 38.3 Å². The maximum absolute atomic E-state index is 5.99. The first-order chi connectivity index (χ1) is 5.75. The lowest BCUT2D eigenvalue weighted by Gasteiger charge is -2.10. The first-order valence-corrected chi connectivity index (χ1v) is 4.74. The second-order valence-corrected chi connectivity index (χ2v) is 3.47. The zero-order valence-electron chi connectivity index (χ0n) is 7.55. The van der Waals surface area contributed by atoms with E-state index in [1.54, 1.807) is 6.20 Å². The van der Waals surface area contributed by atoms with Crippen molar-refractivity contribution < 1.29 is 0 Å². The molecule has 1 unspecified atom stereocenters. The fraction of sp³-hybridized carbons (Fsp3) is 0.500. The number of hydrogen-bond acceptors (Lipinski definition) is 1. The van der Waals surface area contributed by atoms with Gasteiger partial charge in [-0.15, -0.1) is 0 Å². The van der Waals surface area contributed by atoms with Crippen LogP contribution in [-0.4, -0.2) is 4.98 Å². The fourth-order valence-corrected chi connectivity index (χ4v) is 1.64. The van der Waals surface area contributed by atoms with Crippen molar-refractivity contribution in [2.75, 3.05) is 0 Å². The smallest absolute Gasteiger partial charge is 0.0624 e. The van der Waals surface area contributed by atoms with E-state index in [0.717, 1.165) is 17.1 Å². The monoisotopic (exact) mass is 183 g/mol. The van der Waals surface area contributed by atoms with Crippen molar-refractivity contribution in [2.45, 2.75) is 32.6 Å². The third-order valence-corrected chi connectivity index (χ3v) is 2.30. The zero-order valence-corrected chi connectivity index (χ0v) is 8.30. The Morgan fingerprint density at radius 3 is 2.92 bits per heavy atom. The maximum Gasteiger partial charge on any atom is 0.0624 e. The molecular weight excluding hydrogens is 170 g/mol. The van der Waals surface area contributed by atoms with Crippen LogP contribution < -0.4 is 0 Å². The Morgan fingerprint density at radius 2 is 2.33 bits per heavy atom. The number of pyridine rings is 1. The van der Waals surface area contributed by atoms with E-state index in [-0.39, 0.29) is 0 Å². The van der Waals surface area contributed by atoms with Crippen molar-refractivity contribution in [3.05, 3.63) is 29.0 Å². The molecule has 0 spiro atoms. The lowest BCUT2D eigenvalue weighted by Crippen LogP contribution is -1.96. The van der Waals surface area contributed by atoms with Gasteiger partial charge in [0.1, 0.15) is 0 Å². The Hall–Kier alpha value is -0.560. The van der Waals surface area contributed by atoms with Gasteiger partial charge in [0.05, 0.1) is 10.7 Å². The third-order valence-electron chi connectivity index (χ3n) is 1.98. The molecular formula is C10H14ClN. The molecule has 66 valence electrons. The molecule has 0 aromatic carbocycles. The van der Waals surface area contributed by atoms with Gasteiger partial charge in [0.15, 0.2) is 0 Å². The highest BCUT2D eigenvalue weighted by Crippen LogP contribution is 2.24. The van der Waals surface area contributed by atoms with Crippen molar-refractivity contribution in [3.63, 3.8) is 0 Å². The van der Waals surface area contributed by atoms with Gasteiger partial charge in [0.2, 0.25) is 0 Å². The second kappa shape index (κ2) is 4.46. The van der Waals surface area contributed by atoms with Crippen molar-refractivity contribution in [1.29, 1.82) is 0 Å². The molecule has 0 amide bonds. The molecule has 0 aliphatic rings. The first-order valence-electron chi connectivity index (χ1n) is 4.36. The van der Waals surface area contributed by atoms with Gasteiger partial charge in [-0.2, -0.15) is 0 Å². The molecule has 1 aromatic heterocycles. The Morgan fingerprint density at radius 1 is 1.58 bits per heavy atom. The molecule has 1 aromatic rings. The van der Waals surface area contributed by atoms with Crippen LogP contribution in [0.4, 0.5) is 0 Å². The first kappa shape index (κ1) is 9.53. The molecule has 1 nitrogen and oxygen atoms in total. The lowest BCUT2D eigenvalue weighted by atomic mass is 10.0. The predicted molar refractivity (Wildman–Crippen MR) is 52.6 cm³/mol. The van der Waals surface area contributed by atoms with E-state index in [2.05, 4.69) is 18.8 Å². The van der Waals surface area contributed by atoms with Crippen LogP contribution in [-0.2, 0) is 0 Å². The van der Waals surface area contributed by atoms with E-state index in [0.29, 0.717) is 5.92 Å². The highest BCUT2D eigenvalue weighted by Gasteiger charge is 2.08. The van der Waals surface area contributed by atoms with E-state index in [9.17, 15) is 0 Å². The quantitative estimate of drug-likeness (QED) is 0.698. The van der Waals surface area contributed by atoms with Gasteiger partial charge in [-0.3, -0.25) is 4.98 Å². The van der Waals surface area contributed by atoms with E-state index in [4.69, 9.17) is 11.6 Å². The SMILES string of the molecule is CCCC(C)c1ncccc1Cl. The third kappa shape index (κ3) is 2.21. The summed E-state index contributed by atoms with van der Waals surface area (Å²) in [5.41, 5.74) is 1.03. The minimum Gasteiger partial charge on any atom is -0.259 e. The predicted octanol–water partition coefficient (Wildman–Crippen LogP) is 3.64. The van der Waals surface area contributed by atoms with E-state index < -0.39 is 0 Å². The largest absolute Gasteiger partial charge is 0.259 e. The molecule has 0 aliphatic heterocycles. The summed E-state index contributed by atoms with van der Waals surface area (Å²) in [6.45, 7) is 4.34. The van der Waals surface area contributed by atoms with Crippen LogP contribution in [0.5, 0.6) is 0 Å².